The Morgan fingerprint density at radius 2 is 1.75 bits per heavy atom. The highest BCUT2D eigenvalue weighted by Crippen LogP contribution is 2.31. The van der Waals surface area contributed by atoms with E-state index in [2.05, 4.69) is 39.9 Å². The summed E-state index contributed by atoms with van der Waals surface area (Å²) < 4.78 is 6.11. The predicted molar refractivity (Wildman–Crippen MR) is 114 cm³/mol. The molecule has 28 heavy (non-hydrogen) atoms. The van der Waals surface area contributed by atoms with Gasteiger partial charge in [0.2, 0.25) is 0 Å². The number of anilines is 3. The fraction of sp³-hybridized carbons (Fsp3) is 0. The van der Waals surface area contributed by atoms with E-state index in [0.717, 1.165) is 21.0 Å². The first kappa shape index (κ1) is 16.5. The second kappa shape index (κ2) is 6.83. The zero-order valence-corrected chi connectivity index (χ0v) is 15.5. The van der Waals surface area contributed by atoms with Gasteiger partial charge >= 0.3 is 0 Å². The lowest BCUT2D eigenvalue weighted by Gasteiger charge is -2.04. The van der Waals surface area contributed by atoms with E-state index in [1.165, 1.54) is 28.4 Å². The standard InChI is InChI=1S/C22H15N3O2S/c26-21(19-6-3-11-27-19)23-17-9-10-18-20(13-17)28-22(25-18)24-16-8-7-14-4-1-2-5-15(14)12-16/h1-13H,(H,23,26)(H,24,25). The summed E-state index contributed by atoms with van der Waals surface area (Å²) in [6.45, 7) is 0. The van der Waals surface area contributed by atoms with E-state index >= 15 is 0 Å². The Balaban J connectivity index is 1.39. The van der Waals surface area contributed by atoms with E-state index < -0.39 is 0 Å². The maximum absolute atomic E-state index is 12.1. The average molecular weight is 385 g/mol. The highest BCUT2D eigenvalue weighted by atomic mass is 32.1. The van der Waals surface area contributed by atoms with Gasteiger partial charge in [-0.25, -0.2) is 4.98 Å². The van der Waals surface area contributed by atoms with E-state index in [-0.39, 0.29) is 11.7 Å². The molecule has 2 N–H and O–H groups in total. The maximum Gasteiger partial charge on any atom is 0.291 e. The number of amides is 1. The Kier molecular flexibility index (Phi) is 4.03. The summed E-state index contributed by atoms with van der Waals surface area (Å²) >= 11 is 1.54. The van der Waals surface area contributed by atoms with Crippen LogP contribution in [-0.4, -0.2) is 10.9 Å². The Morgan fingerprint density at radius 1 is 0.893 bits per heavy atom. The van der Waals surface area contributed by atoms with E-state index in [1.807, 2.05) is 36.4 Å². The molecule has 0 saturated carbocycles. The van der Waals surface area contributed by atoms with Gasteiger partial charge in [-0.3, -0.25) is 4.79 Å². The highest BCUT2D eigenvalue weighted by Gasteiger charge is 2.10. The summed E-state index contributed by atoms with van der Waals surface area (Å²) in [7, 11) is 0. The number of hydrogen-bond donors (Lipinski definition) is 2. The van der Waals surface area contributed by atoms with Crippen LogP contribution < -0.4 is 10.6 Å². The first-order chi connectivity index (χ1) is 13.7. The fourth-order valence-electron chi connectivity index (χ4n) is 3.05. The van der Waals surface area contributed by atoms with Crippen LogP contribution in [-0.2, 0) is 0 Å². The number of benzene rings is 3. The van der Waals surface area contributed by atoms with Crippen molar-refractivity contribution in [2.75, 3.05) is 10.6 Å². The molecule has 2 heterocycles. The fourth-order valence-corrected chi connectivity index (χ4v) is 3.97. The number of carbonyl (C=O) groups is 1. The number of fused-ring (bicyclic) bond motifs is 2. The zero-order valence-electron chi connectivity index (χ0n) is 14.7. The van der Waals surface area contributed by atoms with Crippen LogP contribution in [0.5, 0.6) is 0 Å². The van der Waals surface area contributed by atoms with Gasteiger partial charge in [0.15, 0.2) is 10.9 Å². The summed E-state index contributed by atoms with van der Waals surface area (Å²) in [6.07, 6.45) is 1.48. The number of furan rings is 1. The average Bonchev–Trinajstić information content (AvgIpc) is 3.37. The number of hydrogen-bond acceptors (Lipinski definition) is 5. The summed E-state index contributed by atoms with van der Waals surface area (Å²) in [5, 5.41) is 9.40. The highest BCUT2D eigenvalue weighted by molar-refractivity contribution is 7.22. The van der Waals surface area contributed by atoms with Gasteiger partial charge in [0.1, 0.15) is 0 Å². The molecule has 0 aliphatic carbocycles. The second-order valence-electron chi connectivity index (χ2n) is 6.32. The lowest BCUT2D eigenvalue weighted by Crippen LogP contribution is -2.10. The zero-order chi connectivity index (χ0) is 18.9. The van der Waals surface area contributed by atoms with Crippen LogP contribution in [0.1, 0.15) is 10.6 Å². The van der Waals surface area contributed by atoms with Gasteiger partial charge in [-0.2, -0.15) is 0 Å². The maximum atomic E-state index is 12.1. The molecular weight excluding hydrogens is 370 g/mol. The molecule has 136 valence electrons. The lowest BCUT2D eigenvalue weighted by atomic mass is 10.1. The third kappa shape index (κ3) is 3.21. The molecule has 0 aliphatic rings. The van der Waals surface area contributed by atoms with Crippen molar-refractivity contribution in [1.82, 2.24) is 4.98 Å². The summed E-state index contributed by atoms with van der Waals surface area (Å²) in [5.41, 5.74) is 2.57. The van der Waals surface area contributed by atoms with Gasteiger partial charge in [0.25, 0.3) is 5.91 Å². The Bertz CT molecular complexity index is 1290. The molecule has 5 aromatic rings. The van der Waals surface area contributed by atoms with E-state index in [9.17, 15) is 4.79 Å². The monoisotopic (exact) mass is 385 g/mol. The van der Waals surface area contributed by atoms with Crippen molar-refractivity contribution in [3.63, 3.8) is 0 Å². The Hall–Kier alpha value is -3.64. The molecular formula is C22H15N3O2S. The quantitative estimate of drug-likeness (QED) is 0.396. The van der Waals surface area contributed by atoms with Gasteiger partial charge in [-0.15, -0.1) is 0 Å². The van der Waals surface area contributed by atoms with Crippen molar-refractivity contribution in [2.24, 2.45) is 0 Å². The molecule has 0 saturated heterocycles. The number of thiazole rings is 1. The van der Waals surface area contributed by atoms with E-state index in [1.54, 1.807) is 12.1 Å². The molecule has 5 rings (SSSR count). The Morgan fingerprint density at radius 3 is 2.61 bits per heavy atom. The molecule has 2 aromatic heterocycles. The van der Waals surface area contributed by atoms with Crippen LogP contribution in [0.3, 0.4) is 0 Å². The number of rotatable bonds is 4. The van der Waals surface area contributed by atoms with Crippen molar-refractivity contribution in [2.45, 2.75) is 0 Å². The molecule has 0 fully saturated rings. The number of nitrogens with one attached hydrogen (secondary N) is 2. The minimum atomic E-state index is -0.275. The predicted octanol–water partition coefficient (Wildman–Crippen LogP) is 6.04. The van der Waals surface area contributed by atoms with Crippen LogP contribution in [0.15, 0.2) is 83.5 Å². The van der Waals surface area contributed by atoms with Crippen LogP contribution in [0.4, 0.5) is 16.5 Å². The largest absolute Gasteiger partial charge is 0.459 e. The third-order valence-corrected chi connectivity index (χ3v) is 5.33. The van der Waals surface area contributed by atoms with Gasteiger partial charge in [-0.05, 0) is 53.2 Å². The van der Waals surface area contributed by atoms with Gasteiger partial charge < -0.3 is 15.1 Å². The first-order valence-electron chi connectivity index (χ1n) is 8.76. The lowest BCUT2D eigenvalue weighted by molar-refractivity contribution is 0.0996. The van der Waals surface area contributed by atoms with Crippen molar-refractivity contribution >= 4 is 54.7 Å². The summed E-state index contributed by atoms with van der Waals surface area (Å²) in [4.78, 5) is 16.8. The molecule has 1 amide bonds. The number of nitrogens with zero attached hydrogens (tertiary/aromatic N) is 1. The van der Waals surface area contributed by atoms with Gasteiger partial charge in [0.05, 0.1) is 16.5 Å². The molecule has 0 aliphatic heterocycles. The minimum Gasteiger partial charge on any atom is -0.459 e. The molecule has 3 aromatic carbocycles. The normalized spacial score (nSPS) is 11.0. The number of aromatic nitrogens is 1. The second-order valence-corrected chi connectivity index (χ2v) is 7.35. The van der Waals surface area contributed by atoms with E-state index in [4.69, 9.17) is 4.42 Å². The van der Waals surface area contributed by atoms with Crippen molar-refractivity contribution in [3.05, 3.63) is 84.8 Å². The molecule has 0 radical (unpaired) electrons. The van der Waals surface area contributed by atoms with Gasteiger partial charge in [-0.1, -0.05) is 41.7 Å². The van der Waals surface area contributed by atoms with Crippen molar-refractivity contribution in [1.29, 1.82) is 0 Å². The van der Waals surface area contributed by atoms with Crippen LogP contribution in [0.2, 0.25) is 0 Å². The SMILES string of the molecule is O=C(Nc1ccc2nc(Nc3ccc4ccccc4c3)sc2c1)c1ccco1. The van der Waals surface area contributed by atoms with E-state index in [0.29, 0.717) is 5.69 Å². The minimum absolute atomic E-state index is 0.275. The van der Waals surface area contributed by atoms with Gasteiger partial charge in [0, 0.05) is 11.4 Å². The smallest absolute Gasteiger partial charge is 0.291 e. The summed E-state index contributed by atoms with van der Waals surface area (Å²) in [6, 6.07) is 23.5. The topological polar surface area (TPSA) is 67.2 Å². The molecule has 0 atom stereocenters. The molecule has 5 nitrogen and oxygen atoms in total. The number of carbonyl (C=O) groups excluding carboxylic acids is 1. The van der Waals surface area contributed by atoms with Crippen LogP contribution >= 0.6 is 11.3 Å². The van der Waals surface area contributed by atoms with Crippen molar-refractivity contribution < 1.29 is 9.21 Å². The molecule has 0 bridgehead atoms. The molecule has 6 heteroatoms. The van der Waals surface area contributed by atoms with Crippen LogP contribution in [0, 0.1) is 0 Å². The Labute approximate surface area is 164 Å². The molecule has 0 spiro atoms. The molecule has 0 unspecified atom stereocenters. The van der Waals surface area contributed by atoms with Crippen LogP contribution in [0.25, 0.3) is 21.0 Å². The third-order valence-electron chi connectivity index (χ3n) is 4.39. The first-order valence-corrected chi connectivity index (χ1v) is 9.57. The van der Waals surface area contributed by atoms with Crippen molar-refractivity contribution in [3.8, 4) is 0 Å². The summed E-state index contributed by atoms with van der Waals surface area (Å²) in [5.74, 6) is 0.00596.